The van der Waals surface area contributed by atoms with E-state index in [-0.39, 0.29) is 23.7 Å². The number of nitrogens with one attached hydrogen (secondary N) is 3. The molecule has 0 bridgehead atoms. The number of hydrogen-bond acceptors (Lipinski definition) is 5. The lowest BCUT2D eigenvalue weighted by Gasteiger charge is -2.11. The molecule has 4 aromatic rings. The molecule has 0 unspecified atom stereocenters. The molecule has 4 rings (SSSR count). The van der Waals surface area contributed by atoms with Crippen molar-refractivity contribution < 1.29 is 23.5 Å². The van der Waals surface area contributed by atoms with Gasteiger partial charge in [0.2, 0.25) is 0 Å². The van der Waals surface area contributed by atoms with Crippen molar-refractivity contribution in [2.75, 3.05) is 11.9 Å². The number of carbonyl (C=O) groups is 3. The first-order valence-electron chi connectivity index (χ1n) is 9.54. The summed E-state index contributed by atoms with van der Waals surface area (Å²) in [6, 6.07) is 19.1. The highest BCUT2D eigenvalue weighted by Crippen LogP contribution is 2.17. The van der Waals surface area contributed by atoms with Gasteiger partial charge in [-0.2, -0.15) is 0 Å². The molecule has 0 aliphatic heterocycles. The minimum absolute atomic E-state index is 0.218. The van der Waals surface area contributed by atoms with E-state index in [2.05, 4.69) is 15.6 Å². The number of aromatic nitrogens is 1. The standard InChI is InChI=1S/C23H19N3O5/c27-21(14-31-23(29)20-12-15-6-1-3-9-18(15)25-20)26-19-10-4-2-8-17(19)22(28)24-13-16-7-5-11-30-16/h1-12,25H,13-14H2,(H,24,28)(H,26,27). The van der Waals surface area contributed by atoms with Crippen LogP contribution >= 0.6 is 0 Å². The van der Waals surface area contributed by atoms with Crippen LogP contribution < -0.4 is 10.6 Å². The molecule has 8 nitrogen and oxygen atoms in total. The molecule has 0 saturated heterocycles. The number of hydrogen-bond donors (Lipinski definition) is 3. The maximum atomic E-state index is 12.5. The maximum absolute atomic E-state index is 12.5. The summed E-state index contributed by atoms with van der Waals surface area (Å²) >= 11 is 0. The topological polar surface area (TPSA) is 113 Å². The van der Waals surface area contributed by atoms with Gasteiger partial charge in [-0.3, -0.25) is 9.59 Å². The quantitative estimate of drug-likeness (QED) is 0.399. The molecule has 2 aromatic heterocycles. The summed E-state index contributed by atoms with van der Waals surface area (Å²) in [6.07, 6.45) is 1.52. The fraction of sp³-hybridized carbons (Fsp3) is 0.0870. The largest absolute Gasteiger partial charge is 0.467 e. The van der Waals surface area contributed by atoms with Crippen LogP contribution in [0.2, 0.25) is 0 Å². The molecular weight excluding hydrogens is 398 g/mol. The zero-order valence-electron chi connectivity index (χ0n) is 16.4. The highest BCUT2D eigenvalue weighted by molar-refractivity contribution is 6.04. The number of benzene rings is 2. The fourth-order valence-electron chi connectivity index (χ4n) is 3.04. The van der Waals surface area contributed by atoms with Gasteiger partial charge in [-0.25, -0.2) is 4.79 Å². The summed E-state index contributed by atoms with van der Waals surface area (Å²) in [5.74, 6) is -0.965. The van der Waals surface area contributed by atoms with Crippen molar-refractivity contribution in [3.05, 3.63) is 90.0 Å². The molecular formula is C23H19N3O5. The molecule has 8 heteroatoms. The van der Waals surface area contributed by atoms with Gasteiger partial charge >= 0.3 is 5.97 Å². The Bertz CT molecular complexity index is 1190. The third kappa shape index (κ3) is 4.81. The van der Waals surface area contributed by atoms with Gasteiger partial charge in [0.15, 0.2) is 6.61 Å². The summed E-state index contributed by atoms with van der Waals surface area (Å²) in [5, 5.41) is 6.20. The van der Waals surface area contributed by atoms with E-state index in [9.17, 15) is 14.4 Å². The average Bonchev–Trinajstić information content (AvgIpc) is 3.46. The molecule has 3 N–H and O–H groups in total. The summed E-state index contributed by atoms with van der Waals surface area (Å²) in [5.41, 5.74) is 1.65. The Morgan fingerprint density at radius 1 is 0.968 bits per heavy atom. The van der Waals surface area contributed by atoms with Gasteiger partial charge in [-0.15, -0.1) is 0 Å². The number of aromatic amines is 1. The van der Waals surface area contributed by atoms with Crippen LogP contribution in [0.4, 0.5) is 5.69 Å². The summed E-state index contributed by atoms with van der Waals surface area (Å²) in [4.78, 5) is 40.0. The van der Waals surface area contributed by atoms with Gasteiger partial charge in [-0.05, 0) is 36.4 Å². The third-order valence-electron chi connectivity index (χ3n) is 4.53. The van der Waals surface area contributed by atoms with Crippen LogP contribution in [0.25, 0.3) is 10.9 Å². The molecule has 156 valence electrons. The van der Waals surface area contributed by atoms with Gasteiger partial charge in [0.1, 0.15) is 11.5 Å². The first-order chi connectivity index (χ1) is 15.1. The fourth-order valence-corrected chi connectivity index (χ4v) is 3.04. The van der Waals surface area contributed by atoms with Crippen LogP contribution in [0.5, 0.6) is 0 Å². The van der Waals surface area contributed by atoms with Crippen molar-refractivity contribution in [1.82, 2.24) is 10.3 Å². The van der Waals surface area contributed by atoms with Gasteiger partial charge < -0.3 is 24.8 Å². The molecule has 0 aliphatic rings. The van der Waals surface area contributed by atoms with Gasteiger partial charge in [0.25, 0.3) is 11.8 Å². The molecule has 31 heavy (non-hydrogen) atoms. The Hall–Kier alpha value is -4.33. The van der Waals surface area contributed by atoms with E-state index < -0.39 is 18.5 Å². The Kier molecular flexibility index (Phi) is 5.79. The number of H-pyrrole nitrogens is 1. The third-order valence-corrected chi connectivity index (χ3v) is 4.53. The first kappa shape index (κ1) is 20.0. The van der Waals surface area contributed by atoms with E-state index in [0.29, 0.717) is 11.4 Å². The van der Waals surface area contributed by atoms with Crippen molar-refractivity contribution in [2.24, 2.45) is 0 Å². The van der Waals surface area contributed by atoms with Gasteiger partial charge in [0.05, 0.1) is 24.1 Å². The number of rotatable bonds is 7. The van der Waals surface area contributed by atoms with Crippen LogP contribution in [-0.2, 0) is 16.1 Å². The summed E-state index contributed by atoms with van der Waals surface area (Å²) in [7, 11) is 0. The van der Waals surface area contributed by atoms with Crippen molar-refractivity contribution in [2.45, 2.75) is 6.54 Å². The van der Waals surface area contributed by atoms with Crippen LogP contribution in [0.1, 0.15) is 26.6 Å². The SMILES string of the molecule is O=C(COC(=O)c1cc2ccccc2[nH]1)Nc1ccccc1C(=O)NCc1ccco1. The van der Waals surface area contributed by atoms with Crippen LogP contribution in [0.15, 0.2) is 77.4 Å². The lowest BCUT2D eigenvalue weighted by Crippen LogP contribution is -2.26. The second kappa shape index (κ2) is 9.00. The molecule has 2 aromatic carbocycles. The number of fused-ring (bicyclic) bond motifs is 1. The molecule has 0 aliphatic carbocycles. The minimum atomic E-state index is -0.643. The number of esters is 1. The number of anilines is 1. The molecule has 0 saturated carbocycles. The number of ether oxygens (including phenoxy) is 1. The zero-order chi connectivity index (χ0) is 21.6. The predicted octanol–water partition coefficient (Wildman–Crippen LogP) is 3.49. The number of carbonyl (C=O) groups excluding carboxylic acids is 3. The van der Waals surface area contributed by atoms with Crippen LogP contribution in [-0.4, -0.2) is 29.4 Å². The van der Waals surface area contributed by atoms with E-state index in [4.69, 9.17) is 9.15 Å². The molecule has 2 heterocycles. The Labute approximate surface area is 177 Å². The normalized spacial score (nSPS) is 10.6. The van der Waals surface area contributed by atoms with E-state index in [1.54, 1.807) is 42.5 Å². The Morgan fingerprint density at radius 2 is 1.77 bits per heavy atom. The first-order valence-corrected chi connectivity index (χ1v) is 9.54. The van der Waals surface area contributed by atoms with Crippen molar-refractivity contribution in [3.8, 4) is 0 Å². The zero-order valence-corrected chi connectivity index (χ0v) is 16.4. The number of furan rings is 1. The maximum Gasteiger partial charge on any atom is 0.355 e. The Morgan fingerprint density at radius 3 is 2.58 bits per heavy atom. The second-order valence-corrected chi connectivity index (χ2v) is 6.70. The summed E-state index contributed by atoms with van der Waals surface area (Å²) in [6.45, 7) is -0.271. The smallest absolute Gasteiger partial charge is 0.355 e. The molecule has 0 spiro atoms. The van der Waals surface area contributed by atoms with E-state index in [0.717, 1.165) is 10.9 Å². The van der Waals surface area contributed by atoms with E-state index in [1.165, 1.54) is 6.26 Å². The average molecular weight is 417 g/mol. The monoisotopic (exact) mass is 417 g/mol. The molecule has 0 radical (unpaired) electrons. The van der Waals surface area contributed by atoms with Gasteiger partial charge in [-0.1, -0.05) is 30.3 Å². The highest BCUT2D eigenvalue weighted by atomic mass is 16.5. The molecule has 0 atom stereocenters. The molecule has 2 amide bonds. The van der Waals surface area contributed by atoms with Gasteiger partial charge in [0, 0.05) is 10.9 Å². The lowest BCUT2D eigenvalue weighted by atomic mass is 10.1. The van der Waals surface area contributed by atoms with E-state index in [1.807, 2.05) is 24.3 Å². The van der Waals surface area contributed by atoms with Crippen molar-refractivity contribution in [3.63, 3.8) is 0 Å². The number of para-hydroxylation sites is 2. The van der Waals surface area contributed by atoms with E-state index >= 15 is 0 Å². The highest BCUT2D eigenvalue weighted by Gasteiger charge is 2.16. The Balaban J connectivity index is 1.35. The van der Waals surface area contributed by atoms with Crippen LogP contribution in [0, 0.1) is 0 Å². The van der Waals surface area contributed by atoms with Crippen molar-refractivity contribution >= 4 is 34.4 Å². The predicted molar refractivity (Wildman–Crippen MR) is 114 cm³/mol. The molecule has 0 fully saturated rings. The van der Waals surface area contributed by atoms with Crippen molar-refractivity contribution in [1.29, 1.82) is 0 Å². The number of amides is 2. The minimum Gasteiger partial charge on any atom is -0.467 e. The lowest BCUT2D eigenvalue weighted by molar-refractivity contribution is -0.119. The summed E-state index contributed by atoms with van der Waals surface area (Å²) < 4.78 is 10.3. The second-order valence-electron chi connectivity index (χ2n) is 6.70. The van der Waals surface area contributed by atoms with Crippen LogP contribution in [0.3, 0.4) is 0 Å².